The Morgan fingerprint density at radius 1 is 1.04 bits per heavy atom. The number of rotatable bonds is 5. The van der Waals surface area contributed by atoms with Crippen LogP contribution in [0.1, 0.15) is 34.1 Å². The van der Waals surface area contributed by atoms with Crippen molar-refractivity contribution in [3.63, 3.8) is 0 Å². The van der Waals surface area contributed by atoms with E-state index in [0.29, 0.717) is 28.9 Å². The number of hydrogen-bond acceptors (Lipinski definition) is 4. The number of ether oxygens (including phenoxy) is 1. The van der Waals surface area contributed by atoms with Crippen molar-refractivity contribution in [3.8, 4) is 0 Å². The molecule has 5 nitrogen and oxygen atoms in total. The number of nitrogens with one attached hydrogen (secondary N) is 1. The topological polar surface area (TPSA) is 68.3 Å². The van der Waals surface area contributed by atoms with E-state index in [0.717, 1.165) is 11.8 Å². The Kier molecular flexibility index (Phi) is 5.04. The molecule has 1 heterocycles. The number of esters is 1. The number of carbonyl (C=O) groups is 2. The fraction of sp³-hybridized carbons (Fsp3) is 0.150. The van der Waals surface area contributed by atoms with Crippen LogP contribution in [0.25, 0.3) is 10.9 Å². The minimum absolute atomic E-state index is 0.245. The van der Waals surface area contributed by atoms with Crippen LogP contribution in [-0.2, 0) is 4.74 Å². The molecule has 3 rings (SSSR count). The van der Waals surface area contributed by atoms with Gasteiger partial charge in [0.25, 0.3) is 5.91 Å². The van der Waals surface area contributed by atoms with E-state index in [4.69, 9.17) is 4.74 Å². The highest BCUT2D eigenvalue weighted by molar-refractivity contribution is 6.11. The number of para-hydroxylation sites is 1. The number of benzene rings is 2. The Morgan fingerprint density at radius 3 is 2.56 bits per heavy atom. The van der Waals surface area contributed by atoms with E-state index in [9.17, 15) is 9.59 Å². The van der Waals surface area contributed by atoms with Crippen LogP contribution in [0.5, 0.6) is 0 Å². The predicted molar refractivity (Wildman–Crippen MR) is 96.7 cm³/mol. The molecule has 0 aliphatic heterocycles. The zero-order valence-corrected chi connectivity index (χ0v) is 13.9. The number of nitrogens with zero attached hydrogens (tertiary/aromatic N) is 1. The second-order valence-corrected chi connectivity index (χ2v) is 5.55. The molecule has 3 aromatic rings. The molecule has 1 aromatic heterocycles. The van der Waals surface area contributed by atoms with Crippen LogP contribution in [0.3, 0.4) is 0 Å². The molecule has 0 bridgehead atoms. The van der Waals surface area contributed by atoms with Gasteiger partial charge in [0.1, 0.15) is 0 Å². The molecule has 0 aliphatic carbocycles. The third kappa shape index (κ3) is 3.83. The predicted octanol–water partition coefficient (Wildman–Crippen LogP) is 4.05. The van der Waals surface area contributed by atoms with Crippen molar-refractivity contribution < 1.29 is 14.3 Å². The molecule has 0 radical (unpaired) electrons. The average Bonchev–Trinajstić information content (AvgIpc) is 2.66. The zero-order chi connectivity index (χ0) is 17.6. The molecule has 2 aromatic carbocycles. The summed E-state index contributed by atoms with van der Waals surface area (Å²) >= 11 is 0. The average molecular weight is 334 g/mol. The molecule has 5 heteroatoms. The molecule has 1 N–H and O–H groups in total. The first-order valence-electron chi connectivity index (χ1n) is 8.11. The van der Waals surface area contributed by atoms with Gasteiger partial charge in [-0.2, -0.15) is 0 Å². The largest absolute Gasteiger partial charge is 0.462 e. The summed E-state index contributed by atoms with van der Waals surface area (Å²) in [5.74, 6) is -0.608. The van der Waals surface area contributed by atoms with Crippen molar-refractivity contribution in [2.24, 2.45) is 0 Å². The molecule has 0 fully saturated rings. The lowest BCUT2D eigenvalue weighted by atomic mass is 10.1. The van der Waals surface area contributed by atoms with E-state index in [1.54, 1.807) is 36.5 Å². The van der Waals surface area contributed by atoms with Crippen LogP contribution in [0, 0.1) is 0 Å². The van der Waals surface area contributed by atoms with Gasteiger partial charge in [0.05, 0.1) is 23.3 Å². The lowest BCUT2D eigenvalue weighted by Gasteiger charge is -2.08. The highest BCUT2D eigenvalue weighted by Crippen LogP contribution is 2.18. The van der Waals surface area contributed by atoms with Gasteiger partial charge >= 0.3 is 5.97 Å². The smallest absolute Gasteiger partial charge is 0.338 e. The van der Waals surface area contributed by atoms with E-state index in [2.05, 4.69) is 10.3 Å². The quantitative estimate of drug-likeness (QED) is 0.715. The summed E-state index contributed by atoms with van der Waals surface area (Å²) in [6, 6.07) is 15.8. The molecular formula is C20H18N2O3. The van der Waals surface area contributed by atoms with Crippen LogP contribution in [0.2, 0.25) is 0 Å². The third-order valence-corrected chi connectivity index (χ3v) is 3.69. The summed E-state index contributed by atoms with van der Waals surface area (Å²) in [6.45, 7) is 2.33. The van der Waals surface area contributed by atoms with Crippen molar-refractivity contribution in [1.29, 1.82) is 0 Å². The minimum atomic E-state index is -0.363. The summed E-state index contributed by atoms with van der Waals surface area (Å²) in [7, 11) is 0. The Hall–Kier alpha value is -3.21. The van der Waals surface area contributed by atoms with Gasteiger partial charge < -0.3 is 10.1 Å². The summed E-state index contributed by atoms with van der Waals surface area (Å²) < 4.78 is 5.08. The first-order chi connectivity index (χ1) is 12.2. The van der Waals surface area contributed by atoms with Gasteiger partial charge in [0.2, 0.25) is 0 Å². The lowest BCUT2D eigenvalue weighted by molar-refractivity contribution is 0.0505. The van der Waals surface area contributed by atoms with Crippen LogP contribution < -0.4 is 5.32 Å². The Balaban J connectivity index is 1.75. The van der Waals surface area contributed by atoms with E-state index >= 15 is 0 Å². The number of pyridine rings is 1. The van der Waals surface area contributed by atoms with Gasteiger partial charge in [-0.05, 0) is 42.8 Å². The van der Waals surface area contributed by atoms with Crippen LogP contribution in [0.15, 0.2) is 60.8 Å². The van der Waals surface area contributed by atoms with Crippen LogP contribution in [-0.4, -0.2) is 23.5 Å². The van der Waals surface area contributed by atoms with Crippen molar-refractivity contribution in [1.82, 2.24) is 4.98 Å². The fourth-order valence-electron chi connectivity index (χ4n) is 2.45. The summed E-state index contributed by atoms with van der Waals surface area (Å²) in [5.41, 5.74) is 2.22. The zero-order valence-electron chi connectivity index (χ0n) is 13.9. The van der Waals surface area contributed by atoms with Gasteiger partial charge in [0.15, 0.2) is 0 Å². The Labute approximate surface area is 145 Å². The number of hydrogen-bond donors (Lipinski definition) is 1. The molecule has 0 atom stereocenters. The second kappa shape index (κ2) is 7.57. The van der Waals surface area contributed by atoms with E-state index in [1.807, 2.05) is 31.2 Å². The molecule has 126 valence electrons. The second-order valence-electron chi connectivity index (χ2n) is 5.55. The SMILES string of the molecule is CCCOC(=O)c1ccc(NC(=O)c2cccc3cccnc23)cc1. The van der Waals surface area contributed by atoms with Crippen molar-refractivity contribution in [2.45, 2.75) is 13.3 Å². The van der Waals surface area contributed by atoms with E-state index in [-0.39, 0.29) is 11.9 Å². The number of aromatic nitrogens is 1. The first kappa shape index (κ1) is 16.6. The molecule has 1 amide bonds. The van der Waals surface area contributed by atoms with E-state index in [1.165, 1.54) is 0 Å². The lowest BCUT2D eigenvalue weighted by Crippen LogP contribution is -2.13. The Bertz CT molecular complexity index is 899. The first-order valence-corrected chi connectivity index (χ1v) is 8.11. The van der Waals surface area contributed by atoms with Gasteiger partial charge in [0, 0.05) is 17.3 Å². The van der Waals surface area contributed by atoms with Crippen LogP contribution >= 0.6 is 0 Å². The molecule has 0 saturated heterocycles. The van der Waals surface area contributed by atoms with Crippen LogP contribution in [0.4, 0.5) is 5.69 Å². The third-order valence-electron chi connectivity index (χ3n) is 3.69. The van der Waals surface area contributed by atoms with Gasteiger partial charge in [-0.25, -0.2) is 4.79 Å². The molecule has 25 heavy (non-hydrogen) atoms. The van der Waals surface area contributed by atoms with Gasteiger partial charge in [-0.15, -0.1) is 0 Å². The van der Waals surface area contributed by atoms with Crippen molar-refractivity contribution >= 4 is 28.5 Å². The number of anilines is 1. The van der Waals surface area contributed by atoms with E-state index < -0.39 is 0 Å². The maximum atomic E-state index is 12.5. The van der Waals surface area contributed by atoms with Crippen molar-refractivity contribution in [3.05, 3.63) is 71.9 Å². The normalized spacial score (nSPS) is 10.4. The maximum Gasteiger partial charge on any atom is 0.338 e. The summed E-state index contributed by atoms with van der Waals surface area (Å²) in [6.07, 6.45) is 2.44. The molecular weight excluding hydrogens is 316 g/mol. The number of carbonyl (C=O) groups excluding carboxylic acids is 2. The monoisotopic (exact) mass is 334 g/mol. The maximum absolute atomic E-state index is 12.5. The highest BCUT2D eigenvalue weighted by Gasteiger charge is 2.12. The molecule has 0 spiro atoms. The number of amides is 1. The van der Waals surface area contributed by atoms with Crippen molar-refractivity contribution in [2.75, 3.05) is 11.9 Å². The van der Waals surface area contributed by atoms with Gasteiger partial charge in [-0.1, -0.05) is 25.1 Å². The fourth-order valence-corrected chi connectivity index (χ4v) is 2.45. The minimum Gasteiger partial charge on any atom is -0.462 e. The standard InChI is InChI=1S/C20H18N2O3/c1-2-13-25-20(24)15-8-10-16(11-9-15)22-19(23)17-7-3-5-14-6-4-12-21-18(14)17/h3-12H,2,13H2,1H3,(H,22,23). The Morgan fingerprint density at radius 2 is 1.80 bits per heavy atom. The molecule has 0 saturated carbocycles. The van der Waals surface area contributed by atoms with Gasteiger partial charge in [-0.3, -0.25) is 9.78 Å². The molecule has 0 unspecified atom stereocenters. The molecule has 0 aliphatic rings. The summed E-state index contributed by atoms with van der Waals surface area (Å²) in [4.78, 5) is 28.6. The summed E-state index contributed by atoms with van der Waals surface area (Å²) in [5, 5.41) is 3.74. The highest BCUT2D eigenvalue weighted by atomic mass is 16.5. The number of fused-ring (bicyclic) bond motifs is 1.